The van der Waals surface area contributed by atoms with Crippen molar-refractivity contribution >= 4 is 12.0 Å². The van der Waals surface area contributed by atoms with Gasteiger partial charge in [-0.2, -0.15) is 13.2 Å². The normalized spacial score (nSPS) is 18.9. The number of unbranched alkanes of at least 4 members (excludes halogenated alkanes) is 2. The number of esters is 1. The standard InChI is InChI=1S/C25H25F5O4/c1-2-3-4-5-16-14-32-24(33-15-16)18-8-6-17(7-9-18)23(31)34-19-12-21(26)20(22(27)13-19)10-11-25(28,29)30/h6-13,16,24H,2-5,14-15H2,1H3. The summed E-state index contributed by atoms with van der Waals surface area (Å²) in [5, 5.41) is 0. The van der Waals surface area contributed by atoms with E-state index >= 15 is 0 Å². The van der Waals surface area contributed by atoms with Crippen LogP contribution in [0.5, 0.6) is 5.75 Å². The SMILES string of the molecule is CCCCCC1COC(c2ccc(C(=O)Oc3cc(F)c(C=CC(F)(F)F)c(F)c3)cc2)OC1. The molecule has 9 heteroatoms. The van der Waals surface area contributed by atoms with Crippen molar-refractivity contribution < 1.29 is 41.0 Å². The highest BCUT2D eigenvalue weighted by Crippen LogP contribution is 2.28. The van der Waals surface area contributed by atoms with E-state index in [1.54, 1.807) is 12.1 Å². The Kier molecular flexibility index (Phi) is 8.79. The van der Waals surface area contributed by atoms with Crippen molar-refractivity contribution in [3.8, 4) is 5.75 Å². The molecule has 1 saturated heterocycles. The van der Waals surface area contributed by atoms with E-state index in [-0.39, 0.29) is 17.7 Å². The van der Waals surface area contributed by atoms with Gasteiger partial charge in [0.2, 0.25) is 0 Å². The molecule has 0 radical (unpaired) electrons. The number of rotatable bonds is 8. The Balaban J connectivity index is 1.59. The Bertz CT molecular complexity index is 970. The number of carbonyl (C=O) groups is 1. The third kappa shape index (κ3) is 7.36. The molecule has 0 N–H and O–H groups in total. The molecule has 4 nitrogen and oxygen atoms in total. The Morgan fingerprint density at radius 1 is 1.06 bits per heavy atom. The Labute approximate surface area is 194 Å². The molecule has 1 fully saturated rings. The number of carbonyl (C=O) groups excluding carboxylic acids is 1. The summed E-state index contributed by atoms with van der Waals surface area (Å²) in [6.45, 7) is 3.32. The lowest BCUT2D eigenvalue weighted by Gasteiger charge is -2.29. The first-order chi connectivity index (χ1) is 16.2. The maximum atomic E-state index is 14.0. The first kappa shape index (κ1) is 25.8. The molecule has 2 aromatic carbocycles. The molecule has 0 saturated carbocycles. The molecule has 34 heavy (non-hydrogen) atoms. The second-order valence-electron chi connectivity index (χ2n) is 8.05. The fraction of sp³-hybridized carbons (Fsp3) is 0.400. The minimum absolute atomic E-state index is 0.110. The van der Waals surface area contributed by atoms with Crippen LogP contribution in [0.2, 0.25) is 0 Å². The summed E-state index contributed by atoms with van der Waals surface area (Å²) in [5.74, 6) is -3.59. The minimum atomic E-state index is -4.72. The molecule has 0 amide bonds. The number of hydrogen-bond acceptors (Lipinski definition) is 4. The van der Waals surface area contributed by atoms with E-state index in [9.17, 15) is 26.7 Å². The molecule has 2 aromatic rings. The summed E-state index contributed by atoms with van der Waals surface area (Å²) in [6, 6.07) is 7.48. The fourth-order valence-corrected chi connectivity index (χ4v) is 3.48. The van der Waals surface area contributed by atoms with Gasteiger partial charge >= 0.3 is 12.1 Å². The third-order valence-electron chi connectivity index (χ3n) is 5.30. The zero-order valence-electron chi connectivity index (χ0n) is 18.5. The van der Waals surface area contributed by atoms with E-state index in [0.717, 1.165) is 19.3 Å². The lowest BCUT2D eigenvalue weighted by Crippen LogP contribution is -2.27. The van der Waals surface area contributed by atoms with Crippen molar-refractivity contribution in [3.63, 3.8) is 0 Å². The van der Waals surface area contributed by atoms with Crippen LogP contribution < -0.4 is 4.74 Å². The molecular formula is C25H25F5O4. The predicted octanol–water partition coefficient (Wildman–Crippen LogP) is 7.00. The van der Waals surface area contributed by atoms with Crippen molar-refractivity contribution in [2.24, 2.45) is 5.92 Å². The second kappa shape index (κ2) is 11.6. The van der Waals surface area contributed by atoms with Gasteiger partial charge in [-0.05, 0) is 24.6 Å². The topological polar surface area (TPSA) is 44.8 Å². The molecule has 1 aliphatic rings. The summed E-state index contributed by atoms with van der Waals surface area (Å²) in [6.07, 6.45) is -0.766. The van der Waals surface area contributed by atoms with E-state index in [2.05, 4.69) is 6.92 Å². The number of ether oxygens (including phenoxy) is 3. The summed E-state index contributed by atoms with van der Waals surface area (Å²) < 4.78 is 81.4. The monoisotopic (exact) mass is 484 g/mol. The summed E-state index contributed by atoms with van der Waals surface area (Å²) in [7, 11) is 0. The first-order valence-electron chi connectivity index (χ1n) is 11.0. The molecule has 0 aliphatic carbocycles. The van der Waals surface area contributed by atoms with Crippen molar-refractivity contribution in [2.75, 3.05) is 13.2 Å². The molecule has 0 aromatic heterocycles. The highest BCUT2D eigenvalue weighted by atomic mass is 19.4. The van der Waals surface area contributed by atoms with Crippen LogP contribution in [-0.2, 0) is 9.47 Å². The van der Waals surface area contributed by atoms with Crippen molar-refractivity contribution in [1.82, 2.24) is 0 Å². The maximum Gasteiger partial charge on any atom is 0.409 e. The molecular weight excluding hydrogens is 459 g/mol. The summed E-state index contributed by atoms with van der Waals surface area (Å²) in [4.78, 5) is 12.3. The van der Waals surface area contributed by atoms with Crippen LogP contribution >= 0.6 is 0 Å². The minimum Gasteiger partial charge on any atom is -0.423 e. The smallest absolute Gasteiger partial charge is 0.409 e. The number of alkyl halides is 3. The zero-order chi connectivity index (χ0) is 24.7. The molecule has 0 atom stereocenters. The van der Waals surface area contributed by atoms with E-state index in [1.165, 1.54) is 18.6 Å². The van der Waals surface area contributed by atoms with E-state index in [4.69, 9.17) is 14.2 Å². The van der Waals surface area contributed by atoms with E-state index in [0.29, 0.717) is 36.8 Å². The van der Waals surface area contributed by atoms with Crippen LogP contribution in [0.15, 0.2) is 42.5 Å². The van der Waals surface area contributed by atoms with Gasteiger partial charge in [-0.1, -0.05) is 38.3 Å². The number of allylic oxidation sites excluding steroid dienone is 1. The van der Waals surface area contributed by atoms with Gasteiger partial charge in [0.25, 0.3) is 0 Å². The molecule has 0 unspecified atom stereocenters. The van der Waals surface area contributed by atoms with Crippen LogP contribution in [0, 0.1) is 17.6 Å². The van der Waals surface area contributed by atoms with Gasteiger partial charge in [0.1, 0.15) is 17.4 Å². The highest BCUT2D eigenvalue weighted by molar-refractivity contribution is 5.91. The van der Waals surface area contributed by atoms with Crippen LogP contribution in [0.1, 0.15) is 60.4 Å². The number of halogens is 5. The zero-order valence-corrected chi connectivity index (χ0v) is 18.5. The maximum absolute atomic E-state index is 14.0. The van der Waals surface area contributed by atoms with Crippen LogP contribution in [0.25, 0.3) is 6.08 Å². The quantitative estimate of drug-likeness (QED) is 0.175. The second-order valence-corrected chi connectivity index (χ2v) is 8.05. The van der Waals surface area contributed by atoms with E-state index in [1.807, 2.05) is 0 Å². The van der Waals surface area contributed by atoms with Crippen molar-refractivity contribution in [2.45, 2.75) is 45.1 Å². The first-order valence-corrected chi connectivity index (χ1v) is 11.0. The van der Waals surface area contributed by atoms with Gasteiger partial charge in [0, 0.05) is 35.3 Å². The van der Waals surface area contributed by atoms with Gasteiger partial charge in [-0.25, -0.2) is 13.6 Å². The predicted molar refractivity (Wildman–Crippen MR) is 115 cm³/mol. The molecule has 1 aliphatic heterocycles. The molecule has 184 valence electrons. The largest absolute Gasteiger partial charge is 0.423 e. The fourth-order valence-electron chi connectivity index (χ4n) is 3.48. The van der Waals surface area contributed by atoms with E-state index < -0.39 is 41.4 Å². The Morgan fingerprint density at radius 2 is 1.68 bits per heavy atom. The molecule has 0 spiro atoms. The average Bonchev–Trinajstić information content (AvgIpc) is 2.78. The number of hydrogen-bond donors (Lipinski definition) is 0. The lowest BCUT2D eigenvalue weighted by molar-refractivity contribution is -0.206. The van der Waals surface area contributed by atoms with Crippen LogP contribution in [-0.4, -0.2) is 25.4 Å². The molecule has 3 rings (SSSR count). The molecule has 1 heterocycles. The Hall–Kier alpha value is -2.78. The van der Waals surface area contributed by atoms with Gasteiger partial charge in [-0.3, -0.25) is 0 Å². The van der Waals surface area contributed by atoms with Gasteiger partial charge in [0.15, 0.2) is 6.29 Å². The lowest BCUT2D eigenvalue weighted by atomic mass is 10.0. The summed E-state index contributed by atoms with van der Waals surface area (Å²) in [5.41, 5.74) is -0.0677. The van der Waals surface area contributed by atoms with Crippen LogP contribution in [0.3, 0.4) is 0 Å². The van der Waals surface area contributed by atoms with Gasteiger partial charge in [-0.15, -0.1) is 0 Å². The average molecular weight is 484 g/mol. The van der Waals surface area contributed by atoms with Gasteiger partial charge < -0.3 is 14.2 Å². The highest BCUT2D eigenvalue weighted by Gasteiger charge is 2.24. The summed E-state index contributed by atoms with van der Waals surface area (Å²) >= 11 is 0. The molecule has 0 bridgehead atoms. The van der Waals surface area contributed by atoms with Crippen molar-refractivity contribution in [3.05, 3.63) is 70.8 Å². The third-order valence-corrected chi connectivity index (χ3v) is 5.30. The van der Waals surface area contributed by atoms with Gasteiger partial charge in [0.05, 0.1) is 18.8 Å². The van der Waals surface area contributed by atoms with Crippen molar-refractivity contribution in [1.29, 1.82) is 0 Å². The number of benzene rings is 2. The van der Waals surface area contributed by atoms with Crippen LogP contribution in [0.4, 0.5) is 22.0 Å². The Morgan fingerprint density at radius 3 is 2.24 bits per heavy atom.